The predicted molar refractivity (Wildman–Crippen MR) is 80.5 cm³/mol. The zero-order valence-electron chi connectivity index (χ0n) is 12.3. The molecule has 1 N–H and O–H groups in total. The Balaban J connectivity index is 2.01. The first-order valence-corrected chi connectivity index (χ1v) is 7.89. The molecule has 0 bridgehead atoms. The number of nitrogens with one attached hydrogen (secondary N) is 1. The van der Waals surface area contributed by atoms with E-state index in [4.69, 9.17) is 0 Å². The molecule has 2 heterocycles. The molecule has 0 spiro atoms. The minimum Gasteiger partial charge on any atom is -0.336 e. The van der Waals surface area contributed by atoms with Gasteiger partial charge in [0.2, 0.25) is 5.91 Å². The van der Waals surface area contributed by atoms with Crippen molar-refractivity contribution in [3.63, 3.8) is 0 Å². The van der Waals surface area contributed by atoms with Crippen LogP contribution in [0.15, 0.2) is 6.07 Å². The van der Waals surface area contributed by atoms with E-state index in [0.29, 0.717) is 6.04 Å². The molecule has 0 saturated carbocycles. The molecular formula is C15H24N2OS. The van der Waals surface area contributed by atoms with Crippen LogP contribution >= 0.6 is 11.3 Å². The number of aryl methyl sites for hydroxylation is 2. The summed E-state index contributed by atoms with van der Waals surface area (Å²) in [7, 11) is 0. The second-order valence-electron chi connectivity index (χ2n) is 5.73. The van der Waals surface area contributed by atoms with Gasteiger partial charge in [0.05, 0.1) is 12.6 Å². The van der Waals surface area contributed by atoms with Crippen LogP contribution in [0.4, 0.5) is 0 Å². The molecular weight excluding hydrogens is 256 g/mol. The quantitative estimate of drug-likeness (QED) is 0.920. The van der Waals surface area contributed by atoms with Crippen LogP contribution in [0, 0.1) is 13.8 Å². The average Bonchev–Trinajstić information content (AvgIpc) is 2.63. The Morgan fingerprint density at radius 3 is 2.79 bits per heavy atom. The van der Waals surface area contributed by atoms with E-state index in [1.54, 1.807) is 0 Å². The Kier molecular flexibility index (Phi) is 4.63. The van der Waals surface area contributed by atoms with E-state index in [-0.39, 0.29) is 11.9 Å². The van der Waals surface area contributed by atoms with Crippen molar-refractivity contribution in [3.05, 3.63) is 21.4 Å². The van der Waals surface area contributed by atoms with E-state index in [2.05, 4.69) is 39.1 Å². The lowest BCUT2D eigenvalue weighted by molar-refractivity contribution is -0.136. The van der Waals surface area contributed by atoms with Crippen LogP contribution in [0.3, 0.4) is 0 Å². The van der Waals surface area contributed by atoms with Gasteiger partial charge in [0.15, 0.2) is 0 Å². The summed E-state index contributed by atoms with van der Waals surface area (Å²) < 4.78 is 0. The normalized spacial score (nSPS) is 20.4. The lowest BCUT2D eigenvalue weighted by Crippen LogP contribution is -2.51. The third-order valence-electron chi connectivity index (χ3n) is 3.63. The van der Waals surface area contributed by atoms with E-state index in [9.17, 15) is 4.79 Å². The van der Waals surface area contributed by atoms with Gasteiger partial charge in [-0.3, -0.25) is 4.79 Å². The molecule has 3 nitrogen and oxygen atoms in total. The summed E-state index contributed by atoms with van der Waals surface area (Å²) in [5, 5.41) is 3.38. The number of piperidine rings is 1. The minimum absolute atomic E-state index is 0.0101. The van der Waals surface area contributed by atoms with Gasteiger partial charge < -0.3 is 10.2 Å². The first-order valence-electron chi connectivity index (χ1n) is 7.08. The zero-order chi connectivity index (χ0) is 14.0. The number of carbonyl (C=O) groups is 1. The Hall–Kier alpha value is -0.870. The predicted octanol–water partition coefficient (Wildman–Crippen LogP) is 2.85. The van der Waals surface area contributed by atoms with Crippen molar-refractivity contribution in [1.82, 2.24) is 10.2 Å². The highest BCUT2D eigenvalue weighted by Gasteiger charge is 2.29. The van der Waals surface area contributed by atoms with Crippen molar-refractivity contribution in [2.75, 3.05) is 6.54 Å². The Labute approximate surface area is 120 Å². The highest BCUT2D eigenvalue weighted by molar-refractivity contribution is 7.12. The van der Waals surface area contributed by atoms with Crippen LogP contribution in [0.1, 0.15) is 42.0 Å². The van der Waals surface area contributed by atoms with Crippen molar-refractivity contribution in [2.24, 2.45) is 0 Å². The van der Waals surface area contributed by atoms with Crippen molar-refractivity contribution in [1.29, 1.82) is 0 Å². The fourth-order valence-corrected chi connectivity index (χ4v) is 3.64. The maximum absolute atomic E-state index is 12.4. The summed E-state index contributed by atoms with van der Waals surface area (Å²) in [6.07, 6.45) is 2.06. The standard InChI is InChI=1S/C15H24N2OS/c1-10(2)16-14-6-5-7-17(15(14)18)9-13-8-11(3)12(4)19-13/h8,10,14,16H,5-7,9H2,1-4H3. The van der Waals surface area contributed by atoms with Gasteiger partial charge in [-0.25, -0.2) is 0 Å². The second-order valence-corrected chi connectivity index (χ2v) is 7.07. The van der Waals surface area contributed by atoms with Gasteiger partial charge in [0.1, 0.15) is 0 Å². The molecule has 1 fully saturated rings. The fourth-order valence-electron chi connectivity index (χ4n) is 2.57. The zero-order valence-corrected chi connectivity index (χ0v) is 13.1. The Morgan fingerprint density at radius 2 is 2.21 bits per heavy atom. The van der Waals surface area contributed by atoms with Gasteiger partial charge in [0, 0.05) is 22.3 Å². The van der Waals surface area contributed by atoms with Crippen LogP contribution < -0.4 is 5.32 Å². The summed E-state index contributed by atoms with van der Waals surface area (Å²) in [5.74, 6) is 0.267. The lowest BCUT2D eigenvalue weighted by atomic mass is 10.0. The Morgan fingerprint density at radius 1 is 1.47 bits per heavy atom. The van der Waals surface area contributed by atoms with Crippen LogP contribution in [-0.4, -0.2) is 29.4 Å². The van der Waals surface area contributed by atoms with Crippen molar-refractivity contribution < 1.29 is 4.79 Å². The van der Waals surface area contributed by atoms with E-state index in [0.717, 1.165) is 25.9 Å². The molecule has 0 radical (unpaired) electrons. The number of hydrogen-bond donors (Lipinski definition) is 1. The fraction of sp³-hybridized carbons (Fsp3) is 0.667. The van der Waals surface area contributed by atoms with Crippen LogP contribution in [-0.2, 0) is 11.3 Å². The molecule has 2 rings (SSSR count). The number of hydrogen-bond acceptors (Lipinski definition) is 3. The van der Waals surface area contributed by atoms with Gasteiger partial charge in [-0.15, -0.1) is 11.3 Å². The number of nitrogens with zero attached hydrogens (tertiary/aromatic N) is 1. The number of carbonyl (C=O) groups excluding carboxylic acids is 1. The van der Waals surface area contributed by atoms with Gasteiger partial charge in [-0.1, -0.05) is 13.8 Å². The molecule has 1 aliphatic rings. The molecule has 0 aromatic carbocycles. The molecule has 1 saturated heterocycles. The van der Waals surface area contributed by atoms with E-state index in [1.165, 1.54) is 15.3 Å². The van der Waals surface area contributed by atoms with Gasteiger partial charge >= 0.3 is 0 Å². The first-order chi connectivity index (χ1) is 8.97. The number of rotatable bonds is 4. The third kappa shape index (κ3) is 3.57. The summed E-state index contributed by atoms with van der Waals surface area (Å²) >= 11 is 1.81. The molecule has 1 unspecified atom stereocenters. The first kappa shape index (κ1) is 14.5. The molecule has 0 aliphatic carbocycles. The second kappa shape index (κ2) is 6.06. The molecule has 4 heteroatoms. The number of amides is 1. The third-order valence-corrected chi connectivity index (χ3v) is 4.77. The van der Waals surface area contributed by atoms with Crippen LogP contribution in [0.5, 0.6) is 0 Å². The molecule has 106 valence electrons. The van der Waals surface area contributed by atoms with Crippen LogP contribution in [0.25, 0.3) is 0 Å². The minimum atomic E-state index is 0.0101. The van der Waals surface area contributed by atoms with Crippen molar-refractivity contribution >= 4 is 17.2 Å². The molecule has 19 heavy (non-hydrogen) atoms. The number of thiophene rings is 1. The molecule has 1 aromatic heterocycles. The molecule has 1 amide bonds. The summed E-state index contributed by atoms with van der Waals surface area (Å²) in [6, 6.07) is 2.59. The average molecular weight is 280 g/mol. The monoisotopic (exact) mass is 280 g/mol. The summed E-state index contributed by atoms with van der Waals surface area (Å²) in [6.45, 7) is 10.1. The molecule has 1 atom stereocenters. The smallest absolute Gasteiger partial charge is 0.240 e. The topological polar surface area (TPSA) is 32.3 Å². The van der Waals surface area contributed by atoms with Crippen molar-refractivity contribution in [3.8, 4) is 0 Å². The van der Waals surface area contributed by atoms with Gasteiger partial charge in [-0.2, -0.15) is 0 Å². The SMILES string of the molecule is Cc1cc(CN2CCCC(NC(C)C)C2=O)sc1C. The van der Waals surface area contributed by atoms with Gasteiger partial charge in [0.25, 0.3) is 0 Å². The van der Waals surface area contributed by atoms with E-state index < -0.39 is 0 Å². The highest BCUT2D eigenvalue weighted by Crippen LogP contribution is 2.24. The Bertz CT molecular complexity index is 433. The van der Waals surface area contributed by atoms with E-state index >= 15 is 0 Å². The largest absolute Gasteiger partial charge is 0.336 e. The highest BCUT2D eigenvalue weighted by atomic mass is 32.1. The molecule has 1 aliphatic heterocycles. The maximum atomic E-state index is 12.4. The maximum Gasteiger partial charge on any atom is 0.240 e. The summed E-state index contributed by atoms with van der Waals surface area (Å²) in [4.78, 5) is 17.1. The van der Waals surface area contributed by atoms with Crippen molar-refractivity contribution in [2.45, 2.75) is 59.2 Å². The van der Waals surface area contributed by atoms with E-state index in [1.807, 2.05) is 16.2 Å². The lowest BCUT2D eigenvalue weighted by Gasteiger charge is -2.33. The van der Waals surface area contributed by atoms with Gasteiger partial charge in [-0.05, 0) is 38.3 Å². The molecule has 1 aromatic rings. The van der Waals surface area contributed by atoms with Crippen LogP contribution in [0.2, 0.25) is 0 Å². The number of likely N-dealkylation sites (tertiary alicyclic amines) is 1. The summed E-state index contributed by atoms with van der Waals surface area (Å²) in [5.41, 5.74) is 1.33.